The van der Waals surface area contributed by atoms with Crippen molar-refractivity contribution in [3.63, 3.8) is 0 Å². The molecule has 1 heterocycles. The van der Waals surface area contributed by atoms with Crippen molar-refractivity contribution in [3.8, 4) is 0 Å². The summed E-state index contributed by atoms with van der Waals surface area (Å²) in [6.07, 6.45) is 2.29. The minimum atomic E-state index is -0.843. The fraction of sp³-hybridized carbons (Fsp3) is 0.556. The second-order valence-electron chi connectivity index (χ2n) is 7.29. The molecule has 4 heteroatoms. The third-order valence-corrected chi connectivity index (χ3v) is 4.68. The zero-order valence-corrected chi connectivity index (χ0v) is 13.9. The molecule has 3 amide bonds. The SMILES string of the molecule is CC(C)CCC1(C(C)(C)Cc2ccccc2)NC(=O)NC1=O. The highest BCUT2D eigenvalue weighted by Gasteiger charge is 2.55. The second kappa shape index (κ2) is 6.11. The molecule has 1 fully saturated rings. The van der Waals surface area contributed by atoms with Crippen molar-refractivity contribution in [2.45, 2.75) is 52.5 Å². The van der Waals surface area contributed by atoms with Gasteiger partial charge in [0.1, 0.15) is 5.54 Å². The van der Waals surface area contributed by atoms with Crippen molar-refractivity contribution < 1.29 is 9.59 Å². The lowest BCUT2D eigenvalue weighted by molar-refractivity contribution is -0.128. The van der Waals surface area contributed by atoms with Gasteiger partial charge >= 0.3 is 6.03 Å². The van der Waals surface area contributed by atoms with Gasteiger partial charge < -0.3 is 5.32 Å². The van der Waals surface area contributed by atoms with Gasteiger partial charge in [0.15, 0.2) is 0 Å². The molecule has 0 aromatic heterocycles. The fourth-order valence-electron chi connectivity index (χ4n) is 3.24. The lowest BCUT2D eigenvalue weighted by atomic mass is 9.66. The third-order valence-electron chi connectivity index (χ3n) is 4.68. The van der Waals surface area contributed by atoms with E-state index in [-0.39, 0.29) is 17.4 Å². The molecule has 22 heavy (non-hydrogen) atoms. The summed E-state index contributed by atoms with van der Waals surface area (Å²) in [4.78, 5) is 24.3. The molecule has 0 spiro atoms. The first kappa shape index (κ1) is 16.5. The van der Waals surface area contributed by atoms with Crippen molar-refractivity contribution in [3.05, 3.63) is 35.9 Å². The first-order valence-corrected chi connectivity index (χ1v) is 7.94. The Labute approximate surface area is 132 Å². The van der Waals surface area contributed by atoms with Gasteiger partial charge in [-0.1, -0.05) is 58.0 Å². The van der Waals surface area contributed by atoms with E-state index >= 15 is 0 Å². The summed E-state index contributed by atoms with van der Waals surface area (Å²) in [7, 11) is 0. The van der Waals surface area contributed by atoms with Gasteiger partial charge in [-0.25, -0.2) is 4.79 Å². The molecular weight excluding hydrogens is 276 g/mol. The molecular formula is C18H26N2O2. The summed E-state index contributed by atoms with van der Waals surface area (Å²) < 4.78 is 0. The van der Waals surface area contributed by atoms with Crippen LogP contribution in [0.3, 0.4) is 0 Å². The van der Waals surface area contributed by atoms with Crippen LogP contribution in [-0.4, -0.2) is 17.5 Å². The standard InChI is InChI=1S/C18H26N2O2/c1-13(2)10-11-18(15(21)19-16(22)20-18)17(3,4)12-14-8-6-5-7-9-14/h5-9,13H,10-12H2,1-4H3,(H2,19,20,21,22). The number of nitrogens with one attached hydrogen (secondary N) is 2. The predicted molar refractivity (Wildman–Crippen MR) is 87.4 cm³/mol. The summed E-state index contributed by atoms with van der Waals surface area (Å²) in [5.41, 5.74) is -0.0469. The van der Waals surface area contributed by atoms with Crippen LogP contribution in [0.25, 0.3) is 0 Å². The minimum Gasteiger partial charge on any atom is -0.323 e. The Balaban J connectivity index is 2.31. The highest BCUT2D eigenvalue weighted by molar-refractivity contribution is 6.07. The first-order chi connectivity index (χ1) is 10.3. The van der Waals surface area contributed by atoms with Crippen LogP contribution in [0.15, 0.2) is 30.3 Å². The number of rotatable bonds is 6. The van der Waals surface area contributed by atoms with E-state index in [2.05, 4.69) is 50.5 Å². The quantitative estimate of drug-likeness (QED) is 0.792. The molecule has 1 aromatic carbocycles. The summed E-state index contributed by atoms with van der Waals surface area (Å²) in [5.74, 6) is 0.286. The summed E-state index contributed by atoms with van der Waals surface area (Å²) in [6.45, 7) is 8.39. The molecule has 0 bridgehead atoms. The van der Waals surface area contributed by atoms with Crippen molar-refractivity contribution in [2.24, 2.45) is 11.3 Å². The topological polar surface area (TPSA) is 58.2 Å². The van der Waals surface area contributed by atoms with Crippen molar-refractivity contribution in [2.75, 3.05) is 0 Å². The van der Waals surface area contributed by atoms with Crippen LogP contribution in [0.4, 0.5) is 4.79 Å². The molecule has 1 aromatic rings. The van der Waals surface area contributed by atoms with Gasteiger partial charge in [0.05, 0.1) is 0 Å². The highest BCUT2D eigenvalue weighted by Crippen LogP contribution is 2.40. The van der Waals surface area contributed by atoms with Crippen molar-refractivity contribution in [1.29, 1.82) is 0 Å². The molecule has 0 saturated carbocycles. The van der Waals surface area contributed by atoms with Crippen LogP contribution in [0.5, 0.6) is 0 Å². The monoisotopic (exact) mass is 302 g/mol. The Morgan fingerprint density at radius 1 is 1.14 bits per heavy atom. The van der Waals surface area contributed by atoms with Crippen LogP contribution in [0.2, 0.25) is 0 Å². The lowest BCUT2D eigenvalue weighted by Crippen LogP contribution is -2.58. The number of amides is 3. The lowest BCUT2D eigenvalue weighted by Gasteiger charge is -2.42. The van der Waals surface area contributed by atoms with Crippen molar-refractivity contribution in [1.82, 2.24) is 10.6 Å². The Hall–Kier alpha value is -1.84. The number of imide groups is 1. The van der Waals surface area contributed by atoms with E-state index in [0.717, 1.165) is 12.8 Å². The van der Waals surface area contributed by atoms with Crippen molar-refractivity contribution >= 4 is 11.9 Å². The molecule has 1 aliphatic rings. The fourth-order valence-corrected chi connectivity index (χ4v) is 3.24. The predicted octanol–water partition coefficient (Wildman–Crippen LogP) is 3.27. The molecule has 1 atom stereocenters. The minimum absolute atomic E-state index is 0.195. The Morgan fingerprint density at radius 3 is 2.27 bits per heavy atom. The average molecular weight is 302 g/mol. The summed E-state index contributed by atoms with van der Waals surface area (Å²) in [6, 6.07) is 9.72. The summed E-state index contributed by atoms with van der Waals surface area (Å²) >= 11 is 0. The average Bonchev–Trinajstić information content (AvgIpc) is 2.73. The number of benzene rings is 1. The number of hydrogen-bond acceptors (Lipinski definition) is 2. The van der Waals surface area contributed by atoms with Gasteiger partial charge in [0.2, 0.25) is 0 Å². The van der Waals surface area contributed by atoms with Gasteiger partial charge in [-0.05, 0) is 30.7 Å². The summed E-state index contributed by atoms with van der Waals surface area (Å²) in [5, 5.41) is 5.37. The van der Waals surface area contributed by atoms with Gasteiger partial charge in [-0.15, -0.1) is 0 Å². The Morgan fingerprint density at radius 2 is 1.77 bits per heavy atom. The van der Waals surface area contributed by atoms with E-state index in [1.807, 2.05) is 18.2 Å². The maximum absolute atomic E-state index is 12.6. The van der Waals surface area contributed by atoms with Gasteiger partial charge in [0.25, 0.3) is 5.91 Å². The van der Waals surface area contributed by atoms with Crippen LogP contribution in [-0.2, 0) is 11.2 Å². The molecule has 1 aliphatic heterocycles. The normalized spacial score (nSPS) is 21.9. The number of hydrogen-bond donors (Lipinski definition) is 2. The van der Waals surface area contributed by atoms with Crippen LogP contribution >= 0.6 is 0 Å². The van der Waals surface area contributed by atoms with E-state index in [0.29, 0.717) is 12.3 Å². The van der Waals surface area contributed by atoms with Crippen LogP contribution < -0.4 is 10.6 Å². The molecule has 0 aliphatic carbocycles. The maximum Gasteiger partial charge on any atom is 0.322 e. The second-order valence-corrected chi connectivity index (χ2v) is 7.29. The molecule has 2 rings (SSSR count). The Bertz CT molecular complexity index is 551. The molecule has 1 saturated heterocycles. The molecule has 4 nitrogen and oxygen atoms in total. The molecule has 120 valence electrons. The van der Waals surface area contributed by atoms with Crippen LogP contribution in [0.1, 0.15) is 46.1 Å². The molecule has 0 radical (unpaired) electrons. The zero-order valence-electron chi connectivity index (χ0n) is 13.9. The number of urea groups is 1. The highest BCUT2D eigenvalue weighted by atomic mass is 16.2. The van der Waals surface area contributed by atoms with E-state index in [9.17, 15) is 9.59 Å². The van der Waals surface area contributed by atoms with Gasteiger partial charge in [-0.2, -0.15) is 0 Å². The number of carbonyl (C=O) groups is 2. The smallest absolute Gasteiger partial charge is 0.322 e. The van der Waals surface area contributed by atoms with Gasteiger partial charge in [-0.3, -0.25) is 10.1 Å². The molecule has 2 N–H and O–H groups in total. The van der Waals surface area contributed by atoms with E-state index in [1.165, 1.54) is 5.56 Å². The van der Waals surface area contributed by atoms with E-state index < -0.39 is 5.54 Å². The number of carbonyl (C=O) groups excluding carboxylic acids is 2. The van der Waals surface area contributed by atoms with Crippen LogP contribution in [0, 0.1) is 11.3 Å². The van der Waals surface area contributed by atoms with Gasteiger partial charge in [0, 0.05) is 5.41 Å². The third kappa shape index (κ3) is 3.16. The van der Waals surface area contributed by atoms with E-state index in [4.69, 9.17) is 0 Å². The molecule has 1 unspecified atom stereocenters. The maximum atomic E-state index is 12.6. The largest absolute Gasteiger partial charge is 0.323 e. The zero-order chi connectivity index (χ0) is 16.4. The first-order valence-electron chi connectivity index (χ1n) is 7.94. The Kier molecular flexibility index (Phi) is 4.59. The van der Waals surface area contributed by atoms with E-state index in [1.54, 1.807) is 0 Å².